The van der Waals surface area contributed by atoms with Gasteiger partial charge in [0.25, 0.3) is 0 Å². The molecule has 0 bridgehead atoms. The van der Waals surface area contributed by atoms with Crippen molar-refractivity contribution in [3.8, 4) is 22.3 Å². The summed E-state index contributed by atoms with van der Waals surface area (Å²) in [4.78, 5) is 0. The molecule has 4 aromatic carbocycles. The molecule has 0 aromatic heterocycles. The molecular weight excluding hydrogens is 600 g/mol. The fraction of sp³-hybridized carbons (Fsp3) is 0.300. The van der Waals surface area contributed by atoms with Gasteiger partial charge in [-0.15, -0.1) is 0 Å². The molecule has 2 aliphatic carbocycles. The maximum absolute atomic E-state index is 2.67. The van der Waals surface area contributed by atoms with Crippen LogP contribution in [0.4, 0.5) is 0 Å². The molecule has 0 aliphatic heterocycles. The third-order valence-corrected chi connectivity index (χ3v) is 28.8. The van der Waals surface area contributed by atoms with E-state index in [1.54, 1.807) is 22.3 Å². The Morgan fingerprint density at radius 2 is 0.976 bits per heavy atom. The van der Waals surface area contributed by atoms with Gasteiger partial charge in [0.1, 0.15) is 0 Å². The van der Waals surface area contributed by atoms with Gasteiger partial charge < -0.3 is 0 Å². The molecule has 0 spiro atoms. The Morgan fingerprint density at radius 1 is 0.548 bits per heavy atom. The maximum atomic E-state index is 2.67. The van der Waals surface area contributed by atoms with Crippen molar-refractivity contribution in [2.24, 2.45) is 0 Å². The molecule has 0 nitrogen and oxygen atoms in total. The predicted octanol–water partition coefficient (Wildman–Crippen LogP) is 11.8. The van der Waals surface area contributed by atoms with Gasteiger partial charge in [0.05, 0.1) is 0 Å². The van der Waals surface area contributed by atoms with Crippen molar-refractivity contribution in [1.29, 1.82) is 0 Å². The first-order valence-electron chi connectivity index (χ1n) is 16.1. The van der Waals surface area contributed by atoms with Crippen molar-refractivity contribution in [2.45, 2.75) is 72.7 Å². The summed E-state index contributed by atoms with van der Waals surface area (Å²) in [7, 11) is 0. The minimum absolute atomic E-state index is 0.474. The van der Waals surface area contributed by atoms with Gasteiger partial charge in [0.15, 0.2) is 0 Å². The number of hydrogen-bond acceptors (Lipinski definition) is 0. The molecular formula is C40H44SiZr. The zero-order chi connectivity index (χ0) is 29.1. The average Bonchev–Trinajstić information content (AvgIpc) is 3.58. The molecule has 0 amide bonds. The third kappa shape index (κ3) is 5.70. The summed E-state index contributed by atoms with van der Waals surface area (Å²) >= 11 is -2.17. The molecule has 0 saturated carbocycles. The zero-order valence-electron chi connectivity index (χ0n) is 25.8. The van der Waals surface area contributed by atoms with Crippen molar-refractivity contribution < 1.29 is 20.4 Å². The first kappa shape index (κ1) is 29.5. The molecule has 2 unspecified atom stereocenters. The van der Waals surface area contributed by atoms with E-state index in [9.17, 15) is 0 Å². The van der Waals surface area contributed by atoms with Gasteiger partial charge in [-0.1, -0.05) is 0 Å². The molecule has 0 radical (unpaired) electrons. The summed E-state index contributed by atoms with van der Waals surface area (Å²) in [6, 6.07) is 36.7. The summed E-state index contributed by atoms with van der Waals surface area (Å²) in [5.74, 6) is 0. The van der Waals surface area contributed by atoms with Crippen molar-refractivity contribution in [3.63, 3.8) is 0 Å². The average molecular weight is 644 g/mol. The Morgan fingerprint density at radius 3 is 1.36 bits per heavy atom. The number of hydrogen-bond donors (Lipinski definition) is 0. The Kier molecular flexibility index (Phi) is 9.42. The molecule has 6 rings (SSSR count). The van der Waals surface area contributed by atoms with Crippen molar-refractivity contribution in [1.82, 2.24) is 0 Å². The zero-order valence-corrected chi connectivity index (χ0v) is 29.2. The molecule has 2 atom stereocenters. The van der Waals surface area contributed by atoms with E-state index in [1.807, 2.05) is 0 Å². The van der Waals surface area contributed by atoms with E-state index in [0.29, 0.717) is 7.25 Å². The van der Waals surface area contributed by atoms with Crippen molar-refractivity contribution in [3.05, 3.63) is 130 Å². The van der Waals surface area contributed by atoms with E-state index >= 15 is 0 Å². The van der Waals surface area contributed by atoms with Gasteiger partial charge in [0, 0.05) is 0 Å². The minimum atomic E-state index is -2.17. The Balaban J connectivity index is 1.53. The van der Waals surface area contributed by atoms with E-state index < -0.39 is 25.8 Å². The van der Waals surface area contributed by atoms with Crippen LogP contribution in [-0.4, -0.2) is 5.43 Å². The fourth-order valence-corrected chi connectivity index (χ4v) is 27.8. The van der Waals surface area contributed by atoms with Gasteiger partial charge in [-0.2, -0.15) is 0 Å². The van der Waals surface area contributed by atoms with Crippen molar-refractivity contribution in [2.75, 3.05) is 0 Å². The van der Waals surface area contributed by atoms with Crippen molar-refractivity contribution >= 4 is 17.6 Å². The van der Waals surface area contributed by atoms with Crippen LogP contribution in [0.1, 0.15) is 81.9 Å². The standard InChI is InChI=1S/2C19H19.C2H6Si.Zr/c2*1-2-3-8-15-13-17-11-7-12-18(19(17)14-15)16-9-5-4-6-10-16;1-3-2;/h2*4-7,9-14H,2-3,8H2,1H3;1-2H3;. The first-order chi connectivity index (χ1) is 20.6. The SMILES string of the molecule is CCCCC1=Cc2c(-c3ccccc3)cccc2[CH]1[Zr]([CH]1C(CCCC)=Cc2c(-c3ccccc3)cccc21)=[Si](C)C. The van der Waals surface area contributed by atoms with Crippen LogP contribution in [0.15, 0.2) is 108 Å². The third-order valence-electron chi connectivity index (χ3n) is 9.31. The number of rotatable bonds is 10. The number of allylic oxidation sites excluding steroid dienone is 2. The van der Waals surface area contributed by atoms with E-state index in [4.69, 9.17) is 0 Å². The van der Waals surface area contributed by atoms with Crippen LogP contribution < -0.4 is 0 Å². The number of benzene rings is 4. The first-order valence-corrected chi connectivity index (χ1v) is 25.1. The Labute approximate surface area is 261 Å². The molecule has 2 aliphatic rings. The van der Waals surface area contributed by atoms with Gasteiger partial charge in [-0.3, -0.25) is 0 Å². The molecule has 42 heavy (non-hydrogen) atoms. The van der Waals surface area contributed by atoms with E-state index in [0.717, 1.165) is 0 Å². The topological polar surface area (TPSA) is 0 Å². The molecule has 0 saturated heterocycles. The van der Waals surface area contributed by atoms with E-state index in [2.05, 4.69) is 136 Å². The summed E-state index contributed by atoms with van der Waals surface area (Å²) < 4.78 is 1.37. The predicted molar refractivity (Wildman–Crippen MR) is 182 cm³/mol. The van der Waals surface area contributed by atoms with Crippen LogP contribution in [-0.2, 0) is 20.4 Å². The Bertz CT molecular complexity index is 1540. The Hall–Kier alpha value is -2.54. The van der Waals surface area contributed by atoms with Gasteiger partial charge >= 0.3 is 263 Å². The summed E-state index contributed by atoms with van der Waals surface area (Å²) in [5.41, 5.74) is 15.0. The van der Waals surface area contributed by atoms with Crippen LogP contribution in [0, 0.1) is 0 Å². The van der Waals surface area contributed by atoms with Crippen LogP contribution >= 0.6 is 0 Å². The summed E-state index contributed by atoms with van der Waals surface area (Å²) in [5, 5.41) is 0. The number of fused-ring (bicyclic) bond motifs is 2. The van der Waals surface area contributed by atoms with Crippen LogP contribution in [0.5, 0.6) is 0 Å². The van der Waals surface area contributed by atoms with Crippen LogP contribution in [0.25, 0.3) is 34.4 Å². The van der Waals surface area contributed by atoms with Crippen LogP contribution in [0.2, 0.25) is 13.1 Å². The van der Waals surface area contributed by atoms with E-state index in [1.165, 1.54) is 71.9 Å². The number of unbranched alkanes of at least 4 members (excludes halogenated alkanes) is 2. The fourth-order valence-electron chi connectivity index (χ4n) is 7.34. The molecule has 2 heteroatoms. The molecule has 0 fully saturated rings. The summed E-state index contributed by atoms with van der Waals surface area (Å²) in [6.45, 7) is 10.1. The molecule has 0 N–H and O–H groups in total. The monoisotopic (exact) mass is 642 g/mol. The van der Waals surface area contributed by atoms with E-state index in [-0.39, 0.29) is 0 Å². The second kappa shape index (κ2) is 13.4. The van der Waals surface area contributed by atoms with Gasteiger partial charge in [0.2, 0.25) is 0 Å². The molecule has 212 valence electrons. The van der Waals surface area contributed by atoms with Crippen LogP contribution in [0.3, 0.4) is 0 Å². The second-order valence-electron chi connectivity index (χ2n) is 12.3. The molecule has 0 heterocycles. The van der Waals surface area contributed by atoms with Gasteiger partial charge in [-0.25, -0.2) is 0 Å². The van der Waals surface area contributed by atoms with Gasteiger partial charge in [-0.05, 0) is 0 Å². The summed E-state index contributed by atoms with van der Waals surface area (Å²) in [6.07, 6.45) is 12.9. The normalized spacial score (nSPS) is 17.0. The molecule has 4 aromatic rings. The quantitative estimate of drug-likeness (QED) is 0.151. The second-order valence-corrected chi connectivity index (χ2v) is 30.2.